The largest absolute Gasteiger partial charge is 0.454 e. The van der Waals surface area contributed by atoms with Gasteiger partial charge in [-0.05, 0) is 49.2 Å². The van der Waals surface area contributed by atoms with Gasteiger partial charge in [0.25, 0.3) is 5.89 Å². The SMILES string of the molecule is O=C(OCc1noc(-c2ccc(F)cc2)n1)c1ccccc1SCC1CCCO1. The van der Waals surface area contributed by atoms with E-state index in [9.17, 15) is 9.18 Å². The van der Waals surface area contributed by atoms with Gasteiger partial charge < -0.3 is 14.0 Å². The topological polar surface area (TPSA) is 74.5 Å². The van der Waals surface area contributed by atoms with Crippen LogP contribution < -0.4 is 0 Å². The normalized spacial score (nSPS) is 16.1. The van der Waals surface area contributed by atoms with Crippen LogP contribution in [-0.2, 0) is 16.1 Å². The number of ether oxygens (including phenoxy) is 2. The Morgan fingerprint density at radius 2 is 2.03 bits per heavy atom. The van der Waals surface area contributed by atoms with Gasteiger partial charge >= 0.3 is 5.97 Å². The van der Waals surface area contributed by atoms with E-state index >= 15 is 0 Å². The first-order valence-corrected chi connectivity index (χ1v) is 10.3. The lowest BCUT2D eigenvalue weighted by molar-refractivity contribution is 0.0455. The Morgan fingerprint density at radius 3 is 2.83 bits per heavy atom. The molecule has 1 aromatic heterocycles. The Morgan fingerprint density at radius 1 is 1.21 bits per heavy atom. The predicted molar refractivity (Wildman–Crippen MR) is 105 cm³/mol. The van der Waals surface area contributed by atoms with Gasteiger partial charge in [-0.2, -0.15) is 4.98 Å². The number of esters is 1. The quantitative estimate of drug-likeness (QED) is 0.416. The van der Waals surface area contributed by atoms with Crippen LogP contribution in [0.4, 0.5) is 4.39 Å². The molecule has 1 fully saturated rings. The molecule has 29 heavy (non-hydrogen) atoms. The van der Waals surface area contributed by atoms with Crippen LogP contribution in [0.5, 0.6) is 0 Å². The number of carbonyl (C=O) groups excluding carboxylic acids is 1. The van der Waals surface area contributed by atoms with E-state index in [2.05, 4.69) is 10.1 Å². The van der Waals surface area contributed by atoms with Crippen LogP contribution in [0, 0.1) is 5.82 Å². The first kappa shape index (κ1) is 19.6. The predicted octanol–water partition coefficient (Wildman–Crippen LogP) is 4.50. The molecule has 1 atom stereocenters. The van der Waals surface area contributed by atoms with E-state index in [1.807, 2.05) is 12.1 Å². The molecule has 150 valence electrons. The molecule has 8 heteroatoms. The molecular formula is C21H19FN2O4S. The van der Waals surface area contributed by atoms with E-state index in [0.717, 1.165) is 30.1 Å². The zero-order valence-electron chi connectivity index (χ0n) is 15.5. The summed E-state index contributed by atoms with van der Waals surface area (Å²) >= 11 is 1.59. The smallest absolute Gasteiger partial charge is 0.339 e. The third-order valence-electron chi connectivity index (χ3n) is 4.45. The van der Waals surface area contributed by atoms with Gasteiger partial charge in [-0.3, -0.25) is 0 Å². The van der Waals surface area contributed by atoms with Gasteiger partial charge in [-0.25, -0.2) is 9.18 Å². The molecule has 0 N–H and O–H groups in total. The minimum atomic E-state index is -0.450. The number of thioether (sulfide) groups is 1. The minimum Gasteiger partial charge on any atom is -0.454 e. The summed E-state index contributed by atoms with van der Waals surface area (Å²) in [7, 11) is 0. The third-order valence-corrected chi connectivity index (χ3v) is 5.65. The number of nitrogens with zero attached hydrogens (tertiary/aromatic N) is 2. The van der Waals surface area contributed by atoms with E-state index in [1.165, 1.54) is 12.1 Å². The van der Waals surface area contributed by atoms with Crippen LogP contribution in [0.15, 0.2) is 57.9 Å². The molecule has 3 aromatic rings. The van der Waals surface area contributed by atoms with Crippen molar-refractivity contribution >= 4 is 17.7 Å². The number of hydrogen-bond donors (Lipinski definition) is 0. The Labute approximate surface area is 171 Å². The monoisotopic (exact) mass is 414 g/mol. The number of hydrogen-bond acceptors (Lipinski definition) is 7. The molecular weight excluding hydrogens is 395 g/mol. The number of carbonyl (C=O) groups is 1. The number of rotatable bonds is 7. The van der Waals surface area contributed by atoms with Crippen molar-refractivity contribution in [3.05, 3.63) is 65.7 Å². The Hall–Kier alpha value is -2.71. The second-order valence-electron chi connectivity index (χ2n) is 6.54. The summed E-state index contributed by atoms with van der Waals surface area (Å²) in [5, 5.41) is 3.81. The Bertz CT molecular complexity index is 971. The number of halogens is 1. The fraction of sp³-hybridized carbons (Fsp3) is 0.286. The molecule has 0 saturated carbocycles. The van der Waals surface area contributed by atoms with Crippen molar-refractivity contribution in [1.29, 1.82) is 0 Å². The average Bonchev–Trinajstić information content (AvgIpc) is 3.43. The van der Waals surface area contributed by atoms with Gasteiger partial charge in [-0.1, -0.05) is 17.3 Å². The third kappa shape index (κ3) is 5.02. The molecule has 6 nitrogen and oxygen atoms in total. The van der Waals surface area contributed by atoms with E-state index in [-0.39, 0.29) is 30.2 Å². The number of benzene rings is 2. The van der Waals surface area contributed by atoms with Crippen molar-refractivity contribution in [3.8, 4) is 11.5 Å². The molecule has 0 radical (unpaired) electrons. The standard InChI is InChI=1S/C21H19FN2O4S/c22-15-9-7-14(8-10-15)20-23-19(24-28-20)12-27-21(25)17-5-1-2-6-18(17)29-13-16-4-3-11-26-16/h1-2,5-10,16H,3-4,11-13H2. The summed E-state index contributed by atoms with van der Waals surface area (Å²) in [6, 6.07) is 13.0. The molecule has 0 aliphatic carbocycles. The Kier molecular flexibility index (Phi) is 6.21. The summed E-state index contributed by atoms with van der Waals surface area (Å²) < 4.78 is 29.2. The first-order chi connectivity index (χ1) is 14.2. The molecule has 1 saturated heterocycles. The van der Waals surface area contributed by atoms with Gasteiger partial charge in [0.2, 0.25) is 5.82 Å². The fourth-order valence-electron chi connectivity index (χ4n) is 2.95. The van der Waals surface area contributed by atoms with E-state index in [1.54, 1.807) is 36.0 Å². The van der Waals surface area contributed by atoms with Crippen molar-refractivity contribution in [2.24, 2.45) is 0 Å². The summed E-state index contributed by atoms with van der Waals surface area (Å²) in [6.07, 6.45) is 2.36. The van der Waals surface area contributed by atoms with Crippen LogP contribution >= 0.6 is 11.8 Å². The second kappa shape index (κ2) is 9.19. The van der Waals surface area contributed by atoms with E-state index in [4.69, 9.17) is 14.0 Å². The maximum Gasteiger partial charge on any atom is 0.339 e. The molecule has 0 amide bonds. The van der Waals surface area contributed by atoms with Gasteiger partial charge in [0.1, 0.15) is 5.82 Å². The fourth-order valence-corrected chi connectivity index (χ4v) is 4.06. The van der Waals surface area contributed by atoms with Crippen molar-refractivity contribution < 1.29 is 23.2 Å². The van der Waals surface area contributed by atoms with Crippen LogP contribution in [0.3, 0.4) is 0 Å². The van der Waals surface area contributed by atoms with E-state index in [0.29, 0.717) is 11.1 Å². The van der Waals surface area contributed by atoms with Crippen molar-refractivity contribution in [2.45, 2.75) is 30.4 Å². The summed E-state index contributed by atoms with van der Waals surface area (Å²) in [6.45, 7) is 0.688. The highest BCUT2D eigenvalue weighted by Crippen LogP contribution is 2.27. The molecule has 4 rings (SSSR count). The lowest BCUT2D eigenvalue weighted by Gasteiger charge is -2.11. The molecule has 2 heterocycles. The highest BCUT2D eigenvalue weighted by molar-refractivity contribution is 7.99. The molecule has 0 bridgehead atoms. The van der Waals surface area contributed by atoms with Crippen LogP contribution in [0.25, 0.3) is 11.5 Å². The molecule has 2 aromatic carbocycles. The highest BCUT2D eigenvalue weighted by atomic mass is 32.2. The lowest BCUT2D eigenvalue weighted by atomic mass is 10.2. The van der Waals surface area contributed by atoms with Crippen LogP contribution in [0.2, 0.25) is 0 Å². The summed E-state index contributed by atoms with van der Waals surface area (Å²) in [5.74, 6) is 0.480. The minimum absolute atomic E-state index is 0.117. The number of aromatic nitrogens is 2. The van der Waals surface area contributed by atoms with Gasteiger partial charge in [0, 0.05) is 22.8 Å². The van der Waals surface area contributed by atoms with Crippen LogP contribution in [0.1, 0.15) is 29.0 Å². The van der Waals surface area contributed by atoms with Gasteiger partial charge in [-0.15, -0.1) is 11.8 Å². The van der Waals surface area contributed by atoms with Crippen LogP contribution in [-0.4, -0.2) is 34.6 Å². The van der Waals surface area contributed by atoms with Crippen molar-refractivity contribution in [2.75, 3.05) is 12.4 Å². The average molecular weight is 414 g/mol. The second-order valence-corrected chi connectivity index (χ2v) is 7.60. The van der Waals surface area contributed by atoms with Gasteiger partial charge in [0.05, 0.1) is 11.7 Å². The van der Waals surface area contributed by atoms with Gasteiger partial charge in [0.15, 0.2) is 6.61 Å². The highest BCUT2D eigenvalue weighted by Gasteiger charge is 2.19. The first-order valence-electron chi connectivity index (χ1n) is 9.28. The maximum absolute atomic E-state index is 13.0. The van der Waals surface area contributed by atoms with Crippen molar-refractivity contribution in [1.82, 2.24) is 10.1 Å². The molecule has 1 aliphatic rings. The van der Waals surface area contributed by atoms with E-state index < -0.39 is 5.97 Å². The maximum atomic E-state index is 13.0. The molecule has 1 unspecified atom stereocenters. The summed E-state index contributed by atoms with van der Waals surface area (Å²) in [4.78, 5) is 17.6. The zero-order valence-corrected chi connectivity index (χ0v) is 16.4. The lowest BCUT2D eigenvalue weighted by Crippen LogP contribution is -2.10. The van der Waals surface area contributed by atoms with Crippen molar-refractivity contribution in [3.63, 3.8) is 0 Å². The Balaban J connectivity index is 1.37. The molecule has 1 aliphatic heterocycles. The zero-order chi connectivity index (χ0) is 20.1. The summed E-state index contributed by atoms with van der Waals surface area (Å²) in [5.41, 5.74) is 1.09. The molecule has 0 spiro atoms.